The van der Waals surface area contributed by atoms with Gasteiger partial charge in [0.1, 0.15) is 0 Å². The van der Waals surface area contributed by atoms with Gasteiger partial charge in [-0.25, -0.2) is 9.67 Å². The Hall–Kier alpha value is -2.96. The van der Waals surface area contributed by atoms with Gasteiger partial charge in [-0.1, -0.05) is 0 Å². The molecule has 3 aromatic rings. The third-order valence-corrected chi connectivity index (χ3v) is 3.23. The van der Waals surface area contributed by atoms with Crippen molar-refractivity contribution in [1.29, 1.82) is 0 Å². The van der Waals surface area contributed by atoms with Gasteiger partial charge in [0.15, 0.2) is 5.82 Å². The molecule has 7 nitrogen and oxygen atoms in total. The highest BCUT2D eigenvalue weighted by Crippen LogP contribution is 2.10. The molecule has 0 saturated heterocycles. The van der Waals surface area contributed by atoms with Crippen LogP contribution in [0.5, 0.6) is 0 Å². The van der Waals surface area contributed by atoms with Crippen molar-refractivity contribution in [2.75, 3.05) is 0 Å². The molecule has 2 N–H and O–H groups in total. The maximum absolute atomic E-state index is 12.1. The molecule has 22 heavy (non-hydrogen) atoms. The van der Waals surface area contributed by atoms with Gasteiger partial charge in [0.2, 0.25) is 0 Å². The highest BCUT2D eigenvalue weighted by molar-refractivity contribution is 5.93. The summed E-state index contributed by atoms with van der Waals surface area (Å²) in [5.41, 5.74) is 3.28. The molecular weight excluding hydrogens is 280 g/mol. The van der Waals surface area contributed by atoms with Crippen LogP contribution >= 0.6 is 0 Å². The molecule has 0 unspecified atom stereocenters. The zero-order valence-corrected chi connectivity index (χ0v) is 12.4. The number of carbonyl (C=O) groups is 1. The zero-order chi connectivity index (χ0) is 15.5. The first-order chi connectivity index (χ1) is 10.6. The van der Waals surface area contributed by atoms with E-state index >= 15 is 0 Å². The molecular formula is C15H16N6O. The molecule has 3 heterocycles. The van der Waals surface area contributed by atoms with Gasteiger partial charge in [-0.15, -0.1) is 0 Å². The van der Waals surface area contributed by atoms with E-state index in [9.17, 15) is 4.79 Å². The number of rotatable bonds is 4. The molecule has 1 amide bonds. The standard InChI is InChI=1S/C15H16N6O/c1-10-7-11(2)21(20-10)14-4-3-12(8-16-14)15(22)17-9-13-5-6-18-19-13/h3-8H,9H2,1-2H3,(H,17,22)(H,18,19). The normalized spacial score (nSPS) is 10.6. The van der Waals surface area contributed by atoms with E-state index in [0.717, 1.165) is 17.1 Å². The van der Waals surface area contributed by atoms with Crippen molar-refractivity contribution in [1.82, 2.24) is 30.3 Å². The first-order valence-corrected chi connectivity index (χ1v) is 6.89. The second kappa shape index (κ2) is 5.80. The van der Waals surface area contributed by atoms with E-state index in [-0.39, 0.29) is 5.91 Å². The maximum atomic E-state index is 12.1. The van der Waals surface area contributed by atoms with Crippen molar-refractivity contribution in [3.8, 4) is 5.82 Å². The van der Waals surface area contributed by atoms with Crippen LogP contribution in [0.25, 0.3) is 5.82 Å². The van der Waals surface area contributed by atoms with Crippen molar-refractivity contribution < 1.29 is 4.79 Å². The van der Waals surface area contributed by atoms with E-state index in [0.29, 0.717) is 17.9 Å². The van der Waals surface area contributed by atoms with Gasteiger partial charge in [0.05, 0.1) is 23.5 Å². The van der Waals surface area contributed by atoms with Gasteiger partial charge in [0.25, 0.3) is 5.91 Å². The molecule has 0 aliphatic heterocycles. The lowest BCUT2D eigenvalue weighted by molar-refractivity contribution is 0.0950. The molecule has 0 radical (unpaired) electrons. The van der Waals surface area contributed by atoms with Crippen LogP contribution in [-0.2, 0) is 6.54 Å². The largest absolute Gasteiger partial charge is 0.346 e. The van der Waals surface area contributed by atoms with Crippen LogP contribution in [0.4, 0.5) is 0 Å². The zero-order valence-electron chi connectivity index (χ0n) is 12.4. The first kappa shape index (κ1) is 14.0. The van der Waals surface area contributed by atoms with E-state index in [2.05, 4.69) is 25.6 Å². The minimum atomic E-state index is -0.179. The summed E-state index contributed by atoms with van der Waals surface area (Å²) in [5.74, 6) is 0.512. The Morgan fingerprint density at radius 1 is 1.32 bits per heavy atom. The van der Waals surface area contributed by atoms with E-state index in [1.54, 1.807) is 29.2 Å². The number of carbonyl (C=O) groups excluding carboxylic acids is 1. The summed E-state index contributed by atoms with van der Waals surface area (Å²) < 4.78 is 1.75. The van der Waals surface area contributed by atoms with Crippen molar-refractivity contribution in [3.63, 3.8) is 0 Å². The van der Waals surface area contributed by atoms with Gasteiger partial charge in [-0.3, -0.25) is 9.89 Å². The van der Waals surface area contributed by atoms with Crippen molar-refractivity contribution in [2.24, 2.45) is 0 Å². The summed E-state index contributed by atoms with van der Waals surface area (Å²) in [5, 5.41) is 13.8. The van der Waals surface area contributed by atoms with E-state index in [1.807, 2.05) is 26.0 Å². The number of nitrogens with zero attached hydrogens (tertiary/aromatic N) is 4. The molecule has 112 valence electrons. The number of nitrogens with one attached hydrogen (secondary N) is 2. The minimum absolute atomic E-state index is 0.179. The number of H-pyrrole nitrogens is 1. The quantitative estimate of drug-likeness (QED) is 0.764. The molecule has 0 aliphatic rings. The van der Waals surface area contributed by atoms with Crippen LogP contribution in [0.2, 0.25) is 0 Å². The molecule has 0 bridgehead atoms. The predicted octanol–water partition coefficient (Wildman–Crippen LogP) is 1.54. The van der Waals surface area contributed by atoms with Gasteiger partial charge in [-0.2, -0.15) is 10.2 Å². The van der Waals surface area contributed by atoms with E-state index in [1.165, 1.54) is 0 Å². The smallest absolute Gasteiger partial charge is 0.253 e. The first-order valence-electron chi connectivity index (χ1n) is 6.89. The Labute approximate surface area is 127 Å². The van der Waals surface area contributed by atoms with Crippen molar-refractivity contribution >= 4 is 5.91 Å². The summed E-state index contributed by atoms with van der Waals surface area (Å²) in [6, 6.07) is 7.31. The second-order valence-electron chi connectivity index (χ2n) is 5.01. The lowest BCUT2D eigenvalue weighted by atomic mass is 10.2. The summed E-state index contributed by atoms with van der Waals surface area (Å²) in [4.78, 5) is 16.4. The fourth-order valence-corrected chi connectivity index (χ4v) is 2.17. The van der Waals surface area contributed by atoms with Gasteiger partial charge in [-0.05, 0) is 38.1 Å². The lowest BCUT2D eigenvalue weighted by Gasteiger charge is -2.06. The Kier molecular flexibility index (Phi) is 3.69. The van der Waals surface area contributed by atoms with E-state index < -0.39 is 0 Å². The Bertz CT molecular complexity index is 773. The van der Waals surface area contributed by atoms with Crippen LogP contribution in [-0.4, -0.2) is 30.9 Å². The second-order valence-corrected chi connectivity index (χ2v) is 5.01. The van der Waals surface area contributed by atoms with E-state index in [4.69, 9.17) is 0 Å². The predicted molar refractivity (Wildman–Crippen MR) is 80.6 cm³/mol. The molecule has 0 aliphatic carbocycles. The highest BCUT2D eigenvalue weighted by Gasteiger charge is 2.09. The summed E-state index contributed by atoms with van der Waals surface area (Å²) in [6.07, 6.45) is 3.19. The van der Waals surface area contributed by atoms with Crippen LogP contribution in [0, 0.1) is 13.8 Å². The van der Waals surface area contributed by atoms with Crippen LogP contribution < -0.4 is 5.32 Å². The molecule has 3 aromatic heterocycles. The fraction of sp³-hybridized carbons (Fsp3) is 0.200. The minimum Gasteiger partial charge on any atom is -0.346 e. The fourth-order valence-electron chi connectivity index (χ4n) is 2.17. The number of aromatic nitrogens is 5. The summed E-state index contributed by atoms with van der Waals surface area (Å²) >= 11 is 0. The molecule has 0 atom stereocenters. The molecule has 0 aromatic carbocycles. The number of pyridine rings is 1. The average Bonchev–Trinajstić information content (AvgIpc) is 3.14. The number of aromatic amines is 1. The number of hydrogen-bond acceptors (Lipinski definition) is 4. The monoisotopic (exact) mass is 296 g/mol. The van der Waals surface area contributed by atoms with Crippen molar-refractivity contribution in [3.05, 3.63) is 59.3 Å². The van der Waals surface area contributed by atoms with Crippen molar-refractivity contribution in [2.45, 2.75) is 20.4 Å². The Balaban J connectivity index is 1.71. The number of amides is 1. The number of hydrogen-bond donors (Lipinski definition) is 2. The third kappa shape index (κ3) is 2.88. The van der Waals surface area contributed by atoms with Gasteiger partial charge < -0.3 is 5.32 Å². The van der Waals surface area contributed by atoms with Gasteiger partial charge in [0, 0.05) is 18.1 Å². The maximum Gasteiger partial charge on any atom is 0.253 e. The Morgan fingerprint density at radius 2 is 2.18 bits per heavy atom. The average molecular weight is 296 g/mol. The Morgan fingerprint density at radius 3 is 2.77 bits per heavy atom. The number of aryl methyl sites for hydroxylation is 2. The van der Waals surface area contributed by atoms with Crippen LogP contribution in [0.15, 0.2) is 36.7 Å². The summed E-state index contributed by atoms with van der Waals surface area (Å²) in [6.45, 7) is 4.30. The summed E-state index contributed by atoms with van der Waals surface area (Å²) in [7, 11) is 0. The van der Waals surface area contributed by atoms with Gasteiger partial charge >= 0.3 is 0 Å². The molecule has 7 heteroatoms. The lowest BCUT2D eigenvalue weighted by Crippen LogP contribution is -2.23. The van der Waals surface area contributed by atoms with Crippen LogP contribution in [0.1, 0.15) is 27.4 Å². The topological polar surface area (TPSA) is 88.5 Å². The molecule has 0 saturated carbocycles. The molecule has 3 rings (SSSR count). The molecule has 0 fully saturated rings. The SMILES string of the molecule is Cc1cc(C)n(-c2ccc(C(=O)NCc3ccn[nH]3)cn2)n1. The molecule has 0 spiro atoms. The van der Waals surface area contributed by atoms with Crippen LogP contribution in [0.3, 0.4) is 0 Å². The third-order valence-electron chi connectivity index (χ3n) is 3.23. The highest BCUT2D eigenvalue weighted by atomic mass is 16.1.